The normalized spacial score (nSPS) is 10.2. The van der Waals surface area contributed by atoms with Crippen molar-refractivity contribution in [1.82, 2.24) is 9.55 Å². The lowest BCUT2D eigenvalue weighted by atomic mass is 10.2. The van der Waals surface area contributed by atoms with Crippen molar-refractivity contribution in [2.75, 3.05) is 0 Å². The number of nitrogens with zero attached hydrogens (tertiary/aromatic N) is 3. The molecule has 0 spiro atoms. The zero-order chi connectivity index (χ0) is 11.5. The number of aryl methyl sites for hydroxylation is 1. The predicted octanol–water partition coefficient (Wildman–Crippen LogP) is 1.68. The van der Waals surface area contributed by atoms with Gasteiger partial charge >= 0.3 is 0 Å². The van der Waals surface area contributed by atoms with Gasteiger partial charge in [-0.05, 0) is 18.6 Å². The first-order chi connectivity index (χ1) is 7.76. The molecule has 0 fully saturated rings. The zero-order valence-corrected chi connectivity index (χ0v) is 8.97. The second-order valence-electron chi connectivity index (χ2n) is 3.56. The Balaban J connectivity index is 2.79. The van der Waals surface area contributed by atoms with Crippen molar-refractivity contribution in [2.24, 2.45) is 0 Å². The molecule has 2 aromatic heterocycles. The largest absolute Gasteiger partial charge is 0.307 e. The third-order valence-electron chi connectivity index (χ3n) is 2.41. The Morgan fingerprint density at radius 1 is 1.50 bits per heavy atom. The summed E-state index contributed by atoms with van der Waals surface area (Å²) < 4.78 is 1.66. The Bertz CT molecular complexity index is 622. The smallest absolute Gasteiger partial charge is 0.251 e. The summed E-state index contributed by atoms with van der Waals surface area (Å²) in [5, 5.41) is 8.81. The maximum absolute atomic E-state index is 11.7. The molecule has 2 heterocycles. The molecule has 0 saturated heterocycles. The highest BCUT2D eigenvalue weighted by Crippen LogP contribution is 2.11. The molecular weight excluding hydrogens is 202 g/mol. The Labute approximate surface area is 92.8 Å². The van der Waals surface area contributed by atoms with Crippen molar-refractivity contribution in [1.29, 1.82) is 5.26 Å². The van der Waals surface area contributed by atoms with Crippen LogP contribution >= 0.6 is 0 Å². The fourth-order valence-corrected chi connectivity index (χ4v) is 1.68. The number of nitriles is 1. The van der Waals surface area contributed by atoms with Gasteiger partial charge in [-0.25, -0.2) is 0 Å². The van der Waals surface area contributed by atoms with E-state index in [0.717, 1.165) is 17.5 Å². The molecule has 0 saturated carbocycles. The van der Waals surface area contributed by atoms with E-state index in [0.29, 0.717) is 12.1 Å². The molecular formula is C12H11N3O. The highest BCUT2D eigenvalue weighted by atomic mass is 16.1. The first-order valence-electron chi connectivity index (χ1n) is 5.16. The lowest BCUT2D eigenvalue weighted by Gasteiger charge is -2.07. The standard InChI is InChI=1S/C12H11N3O/c1-2-5-15-11-6-9(7-13)8-14-10(11)3-4-12(15)16/h3-4,6,8H,2,5H2,1H3. The fourth-order valence-electron chi connectivity index (χ4n) is 1.68. The first kappa shape index (κ1) is 10.4. The highest BCUT2D eigenvalue weighted by molar-refractivity contribution is 5.75. The minimum absolute atomic E-state index is 0.0498. The fraction of sp³-hybridized carbons (Fsp3) is 0.250. The number of hydrogen-bond donors (Lipinski definition) is 0. The SMILES string of the molecule is CCCn1c(=O)ccc2ncc(C#N)cc21. The minimum atomic E-state index is -0.0498. The molecule has 0 unspecified atom stereocenters. The summed E-state index contributed by atoms with van der Waals surface area (Å²) in [5.41, 5.74) is 1.90. The third kappa shape index (κ3) is 1.68. The minimum Gasteiger partial charge on any atom is -0.307 e. The molecule has 0 N–H and O–H groups in total. The summed E-state index contributed by atoms with van der Waals surface area (Å²) in [6.07, 6.45) is 2.39. The maximum atomic E-state index is 11.7. The molecule has 80 valence electrons. The molecule has 0 amide bonds. The number of fused-ring (bicyclic) bond motifs is 1. The van der Waals surface area contributed by atoms with E-state index in [4.69, 9.17) is 5.26 Å². The summed E-state index contributed by atoms with van der Waals surface area (Å²) in [7, 11) is 0. The first-order valence-corrected chi connectivity index (χ1v) is 5.16. The Morgan fingerprint density at radius 3 is 3.00 bits per heavy atom. The molecule has 2 aromatic rings. The van der Waals surface area contributed by atoms with E-state index >= 15 is 0 Å². The Hall–Kier alpha value is -2.15. The van der Waals surface area contributed by atoms with Gasteiger partial charge in [0.05, 0.1) is 16.6 Å². The van der Waals surface area contributed by atoms with Crippen LogP contribution in [0.2, 0.25) is 0 Å². The van der Waals surface area contributed by atoms with E-state index in [1.54, 1.807) is 16.7 Å². The molecule has 0 aliphatic heterocycles. The van der Waals surface area contributed by atoms with Gasteiger partial charge in [-0.1, -0.05) is 6.92 Å². The Morgan fingerprint density at radius 2 is 2.31 bits per heavy atom. The van der Waals surface area contributed by atoms with Crippen molar-refractivity contribution >= 4 is 11.0 Å². The van der Waals surface area contributed by atoms with Crippen LogP contribution in [0.1, 0.15) is 18.9 Å². The second kappa shape index (κ2) is 4.15. The average Bonchev–Trinajstić information content (AvgIpc) is 2.32. The van der Waals surface area contributed by atoms with Crippen LogP contribution < -0.4 is 5.56 Å². The quantitative estimate of drug-likeness (QED) is 0.762. The van der Waals surface area contributed by atoms with Gasteiger partial charge in [0.1, 0.15) is 6.07 Å². The van der Waals surface area contributed by atoms with Crippen LogP contribution in [0.15, 0.2) is 29.2 Å². The number of rotatable bonds is 2. The van der Waals surface area contributed by atoms with Crippen LogP contribution in [0.25, 0.3) is 11.0 Å². The van der Waals surface area contributed by atoms with Gasteiger partial charge in [-0.3, -0.25) is 9.78 Å². The van der Waals surface area contributed by atoms with Crippen LogP contribution in [0.4, 0.5) is 0 Å². The van der Waals surface area contributed by atoms with Gasteiger partial charge in [-0.2, -0.15) is 5.26 Å². The molecule has 0 aliphatic carbocycles. The molecule has 0 bridgehead atoms. The molecule has 2 rings (SSSR count). The molecule has 0 aliphatic rings. The maximum Gasteiger partial charge on any atom is 0.251 e. The summed E-state index contributed by atoms with van der Waals surface area (Å²) in [6, 6.07) is 6.93. The third-order valence-corrected chi connectivity index (χ3v) is 2.41. The predicted molar refractivity (Wildman–Crippen MR) is 61.0 cm³/mol. The van der Waals surface area contributed by atoms with Gasteiger partial charge < -0.3 is 4.57 Å². The second-order valence-corrected chi connectivity index (χ2v) is 3.56. The van der Waals surface area contributed by atoms with Gasteiger partial charge in [0.15, 0.2) is 0 Å². The van der Waals surface area contributed by atoms with Crippen LogP contribution in [-0.4, -0.2) is 9.55 Å². The summed E-state index contributed by atoms with van der Waals surface area (Å²) in [5.74, 6) is 0. The van der Waals surface area contributed by atoms with E-state index in [1.165, 1.54) is 12.3 Å². The summed E-state index contributed by atoms with van der Waals surface area (Å²) in [4.78, 5) is 15.8. The lowest BCUT2D eigenvalue weighted by molar-refractivity contribution is 0.677. The molecule has 4 heteroatoms. The molecule has 0 atom stereocenters. The summed E-state index contributed by atoms with van der Waals surface area (Å²) >= 11 is 0. The number of aromatic nitrogens is 2. The van der Waals surface area contributed by atoms with E-state index < -0.39 is 0 Å². The van der Waals surface area contributed by atoms with Gasteiger partial charge in [0, 0.05) is 18.8 Å². The zero-order valence-electron chi connectivity index (χ0n) is 8.97. The topological polar surface area (TPSA) is 58.7 Å². The van der Waals surface area contributed by atoms with Crippen molar-refractivity contribution in [3.05, 3.63) is 40.3 Å². The highest BCUT2D eigenvalue weighted by Gasteiger charge is 2.04. The number of pyridine rings is 2. The van der Waals surface area contributed by atoms with Gasteiger partial charge in [-0.15, -0.1) is 0 Å². The van der Waals surface area contributed by atoms with Crippen LogP contribution in [0.3, 0.4) is 0 Å². The van der Waals surface area contributed by atoms with Crippen molar-refractivity contribution in [3.63, 3.8) is 0 Å². The Kier molecular flexibility index (Phi) is 2.69. The van der Waals surface area contributed by atoms with E-state index in [-0.39, 0.29) is 5.56 Å². The monoisotopic (exact) mass is 213 g/mol. The molecule has 4 nitrogen and oxygen atoms in total. The summed E-state index contributed by atoms with van der Waals surface area (Å²) in [6.45, 7) is 2.65. The number of hydrogen-bond acceptors (Lipinski definition) is 3. The van der Waals surface area contributed by atoms with Gasteiger partial charge in [0.25, 0.3) is 5.56 Å². The van der Waals surface area contributed by atoms with Crippen molar-refractivity contribution in [3.8, 4) is 6.07 Å². The van der Waals surface area contributed by atoms with E-state index in [9.17, 15) is 4.79 Å². The van der Waals surface area contributed by atoms with Crippen molar-refractivity contribution < 1.29 is 0 Å². The van der Waals surface area contributed by atoms with Gasteiger partial charge in [0.2, 0.25) is 0 Å². The van der Waals surface area contributed by atoms with E-state index in [1.807, 2.05) is 13.0 Å². The van der Waals surface area contributed by atoms with Crippen LogP contribution in [0.5, 0.6) is 0 Å². The van der Waals surface area contributed by atoms with Crippen LogP contribution in [-0.2, 0) is 6.54 Å². The molecule has 0 aromatic carbocycles. The van der Waals surface area contributed by atoms with Crippen LogP contribution in [0, 0.1) is 11.3 Å². The average molecular weight is 213 g/mol. The van der Waals surface area contributed by atoms with E-state index in [2.05, 4.69) is 4.98 Å². The lowest BCUT2D eigenvalue weighted by Crippen LogP contribution is -2.19. The van der Waals surface area contributed by atoms with Crippen molar-refractivity contribution in [2.45, 2.75) is 19.9 Å². The molecule has 16 heavy (non-hydrogen) atoms. The molecule has 0 radical (unpaired) electrons.